The predicted molar refractivity (Wildman–Crippen MR) is 67.3 cm³/mol. The van der Waals surface area contributed by atoms with E-state index in [0.29, 0.717) is 10.9 Å². The van der Waals surface area contributed by atoms with Crippen molar-refractivity contribution in [2.24, 2.45) is 0 Å². The molecule has 0 aliphatic carbocycles. The first-order valence-corrected chi connectivity index (χ1v) is 6.91. The Kier molecular flexibility index (Phi) is 4.44. The van der Waals surface area contributed by atoms with Gasteiger partial charge in [0.1, 0.15) is 4.88 Å². The molecule has 1 atom stereocenters. The van der Waals surface area contributed by atoms with E-state index in [0.717, 1.165) is 31.6 Å². The molecule has 1 amide bonds. The van der Waals surface area contributed by atoms with Gasteiger partial charge in [-0.1, -0.05) is 11.4 Å². The van der Waals surface area contributed by atoms with E-state index in [1.54, 1.807) is 0 Å². The molecule has 17 heavy (non-hydrogen) atoms. The molecule has 1 fully saturated rings. The maximum Gasteiger partial charge on any atom is 0.264 e. The van der Waals surface area contributed by atoms with Crippen molar-refractivity contribution in [3.8, 4) is 0 Å². The van der Waals surface area contributed by atoms with Crippen LogP contribution >= 0.6 is 11.5 Å². The van der Waals surface area contributed by atoms with E-state index in [4.69, 9.17) is 0 Å². The van der Waals surface area contributed by atoms with Crippen LogP contribution in [0.4, 0.5) is 0 Å². The van der Waals surface area contributed by atoms with Crippen LogP contribution in [0, 0.1) is 0 Å². The van der Waals surface area contributed by atoms with Gasteiger partial charge in [0.15, 0.2) is 0 Å². The van der Waals surface area contributed by atoms with Crippen molar-refractivity contribution in [3.05, 3.63) is 10.6 Å². The van der Waals surface area contributed by atoms with Crippen LogP contribution in [0.3, 0.4) is 0 Å². The molecule has 0 bridgehead atoms. The molecule has 1 aliphatic rings. The molecule has 0 radical (unpaired) electrons. The van der Waals surface area contributed by atoms with Crippen molar-refractivity contribution < 1.29 is 4.79 Å². The van der Waals surface area contributed by atoms with Gasteiger partial charge in [-0.15, -0.1) is 5.10 Å². The van der Waals surface area contributed by atoms with Crippen LogP contribution in [0.5, 0.6) is 0 Å². The molecule has 0 aromatic carbocycles. The van der Waals surface area contributed by atoms with Crippen LogP contribution in [0.2, 0.25) is 0 Å². The maximum absolute atomic E-state index is 11.9. The van der Waals surface area contributed by atoms with Crippen molar-refractivity contribution in [3.63, 3.8) is 0 Å². The fourth-order valence-corrected chi connectivity index (χ4v) is 2.72. The number of amides is 1. The Morgan fingerprint density at radius 3 is 3.24 bits per heavy atom. The Morgan fingerprint density at radius 2 is 2.53 bits per heavy atom. The minimum Gasteiger partial charge on any atom is -0.351 e. The van der Waals surface area contributed by atoms with Crippen LogP contribution in [0.15, 0.2) is 0 Å². The summed E-state index contributed by atoms with van der Waals surface area (Å²) in [7, 11) is 0. The zero-order chi connectivity index (χ0) is 12.1. The molecule has 1 unspecified atom stereocenters. The largest absolute Gasteiger partial charge is 0.351 e. The van der Waals surface area contributed by atoms with Gasteiger partial charge in [0.2, 0.25) is 0 Å². The van der Waals surface area contributed by atoms with E-state index in [1.807, 2.05) is 6.92 Å². The van der Waals surface area contributed by atoms with Gasteiger partial charge in [-0.2, -0.15) is 0 Å². The SMILES string of the molecule is CCc1nnsc1C(=O)NCCC1CCCN1. The second kappa shape index (κ2) is 6.07. The van der Waals surface area contributed by atoms with Crippen molar-refractivity contribution in [2.75, 3.05) is 13.1 Å². The summed E-state index contributed by atoms with van der Waals surface area (Å²) < 4.78 is 3.82. The Balaban J connectivity index is 1.77. The van der Waals surface area contributed by atoms with Gasteiger partial charge in [0.25, 0.3) is 5.91 Å². The summed E-state index contributed by atoms with van der Waals surface area (Å²) in [6.45, 7) is 3.81. The summed E-state index contributed by atoms with van der Waals surface area (Å²) in [5.41, 5.74) is 0.798. The number of hydrogen-bond acceptors (Lipinski definition) is 5. The summed E-state index contributed by atoms with van der Waals surface area (Å²) in [5, 5.41) is 10.3. The lowest BCUT2D eigenvalue weighted by Gasteiger charge is -2.10. The lowest BCUT2D eigenvalue weighted by atomic mass is 10.1. The van der Waals surface area contributed by atoms with Gasteiger partial charge in [0, 0.05) is 12.6 Å². The average molecular weight is 254 g/mol. The third-order valence-corrected chi connectivity index (χ3v) is 3.80. The highest BCUT2D eigenvalue weighted by atomic mass is 32.1. The summed E-state index contributed by atoms with van der Waals surface area (Å²) >= 11 is 1.18. The third kappa shape index (κ3) is 3.23. The molecular formula is C11H18N4OS. The Labute approximate surface area is 105 Å². The molecule has 0 spiro atoms. The van der Waals surface area contributed by atoms with E-state index >= 15 is 0 Å². The van der Waals surface area contributed by atoms with E-state index in [2.05, 4.69) is 20.2 Å². The molecule has 5 nitrogen and oxygen atoms in total. The van der Waals surface area contributed by atoms with Crippen LogP contribution < -0.4 is 10.6 Å². The number of aromatic nitrogens is 2. The number of hydrogen-bond donors (Lipinski definition) is 2. The second-order valence-corrected chi connectivity index (χ2v) is 4.99. The van der Waals surface area contributed by atoms with E-state index < -0.39 is 0 Å². The second-order valence-electron chi connectivity index (χ2n) is 4.24. The molecule has 2 rings (SSSR count). The van der Waals surface area contributed by atoms with Gasteiger partial charge in [-0.3, -0.25) is 4.79 Å². The Morgan fingerprint density at radius 1 is 1.65 bits per heavy atom. The van der Waals surface area contributed by atoms with Crippen LogP contribution in [0.1, 0.15) is 41.6 Å². The zero-order valence-electron chi connectivity index (χ0n) is 10.0. The predicted octanol–water partition coefficient (Wildman–Crippen LogP) is 0.972. The quantitative estimate of drug-likeness (QED) is 0.822. The normalized spacial score (nSPS) is 19.5. The van der Waals surface area contributed by atoms with Gasteiger partial charge in [0.05, 0.1) is 5.69 Å². The van der Waals surface area contributed by atoms with E-state index in [9.17, 15) is 4.79 Å². The summed E-state index contributed by atoms with van der Waals surface area (Å²) in [6.07, 6.45) is 4.22. The van der Waals surface area contributed by atoms with Gasteiger partial charge in [-0.25, -0.2) is 0 Å². The molecule has 1 aromatic rings. The molecule has 2 N–H and O–H groups in total. The summed E-state index contributed by atoms with van der Waals surface area (Å²) in [6, 6.07) is 0.570. The first-order chi connectivity index (χ1) is 8.31. The van der Waals surface area contributed by atoms with E-state index in [1.165, 1.54) is 24.4 Å². The summed E-state index contributed by atoms with van der Waals surface area (Å²) in [5.74, 6) is -0.0325. The fourth-order valence-electron chi connectivity index (χ4n) is 2.06. The minimum atomic E-state index is -0.0325. The maximum atomic E-state index is 11.9. The molecular weight excluding hydrogens is 236 g/mol. The van der Waals surface area contributed by atoms with Crippen molar-refractivity contribution in [1.82, 2.24) is 20.2 Å². The topological polar surface area (TPSA) is 66.9 Å². The van der Waals surface area contributed by atoms with Crippen molar-refractivity contribution in [2.45, 2.75) is 38.6 Å². The molecule has 1 aromatic heterocycles. The molecule has 1 aliphatic heterocycles. The zero-order valence-corrected chi connectivity index (χ0v) is 10.8. The lowest BCUT2D eigenvalue weighted by molar-refractivity contribution is 0.0955. The fraction of sp³-hybridized carbons (Fsp3) is 0.727. The number of aryl methyl sites for hydroxylation is 1. The van der Waals surface area contributed by atoms with Crippen LogP contribution in [-0.4, -0.2) is 34.6 Å². The molecule has 2 heterocycles. The number of rotatable bonds is 5. The highest BCUT2D eigenvalue weighted by Crippen LogP contribution is 2.11. The number of carbonyl (C=O) groups excluding carboxylic acids is 1. The molecule has 6 heteroatoms. The van der Waals surface area contributed by atoms with Gasteiger partial charge in [-0.05, 0) is 43.8 Å². The molecule has 94 valence electrons. The highest BCUT2D eigenvalue weighted by Gasteiger charge is 2.16. The lowest BCUT2D eigenvalue weighted by Crippen LogP contribution is -2.30. The van der Waals surface area contributed by atoms with Gasteiger partial charge < -0.3 is 10.6 Å². The summed E-state index contributed by atoms with van der Waals surface area (Å²) in [4.78, 5) is 12.5. The first kappa shape index (κ1) is 12.4. The molecule has 0 saturated carbocycles. The van der Waals surface area contributed by atoms with Gasteiger partial charge >= 0.3 is 0 Å². The number of nitrogens with zero attached hydrogens (tertiary/aromatic N) is 2. The number of nitrogens with one attached hydrogen (secondary N) is 2. The van der Waals surface area contributed by atoms with Crippen LogP contribution in [-0.2, 0) is 6.42 Å². The first-order valence-electron chi connectivity index (χ1n) is 6.14. The highest BCUT2D eigenvalue weighted by molar-refractivity contribution is 7.08. The molecule has 1 saturated heterocycles. The standard InChI is InChI=1S/C11H18N4OS/c1-2-9-10(17-15-14-9)11(16)13-7-5-8-4-3-6-12-8/h8,12H,2-7H2,1H3,(H,13,16). The monoisotopic (exact) mass is 254 g/mol. The smallest absolute Gasteiger partial charge is 0.264 e. The Bertz CT molecular complexity index is 373. The Hall–Kier alpha value is -1.01. The minimum absolute atomic E-state index is 0.0325. The van der Waals surface area contributed by atoms with E-state index in [-0.39, 0.29) is 5.91 Å². The van der Waals surface area contributed by atoms with Crippen molar-refractivity contribution >= 4 is 17.4 Å². The number of carbonyl (C=O) groups is 1. The van der Waals surface area contributed by atoms with Crippen molar-refractivity contribution in [1.29, 1.82) is 0 Å². The van der Waals surface area contributed by atoms with Crippen LogP contribution in [0.25, 0.3) is 0 Å². The average Bonchev–Trinajstić information content (AvgIpc) is 2.99. The third-order valence-electron chi connectivity index (χ3n) is 3.04.